The molecule has 60 valence electrons. The van der Waals surface area contributed by atoms with E-state index in [1.807, 2.05) is 18.2 Å². The number of imidazole rings is 1. The molecule has 0 unspecified atom stereocenters. The van der Waals surface area contributed by atoms with Crippen LogP contribution in [0.1, 0.15) is 11.4 Å². The van der Waals surface area contributed by atoms with E-state index in [2.05, 4.69) is 9.97 Å². The zero-order chi connectivity index (χ0) is 8.23. The summed E-state index contributed by atoms with van der Waals surface area (Å²) in [5.41, 5.74) is 1.03. The van der Waals surface area contributed by atoms with Gasteiger partial charge in [-0.25, -0.2) is 4.98 Å². The first-order valence-corrected chi connectivity index (χ1v) is 3.65. The van der Waals surface area contributed by atoms with Gasteiger partial charge in [0.15, 0.2) is 0 Å². The predicted molar refractivity (Wildman–Crippen MR) is 46.2 cm³/mol. The highest BCUT2D eigenvalue weighted by Gasteiger charge is 1.88. The summed E-state index contributed by atoms with van der Waals surface area (Å²) in [4.78, 5) is 7.01. The number of hydrogen-bond donors (Lipinski definition) is 1. The van der Waals surface area contributed by atoms with Crippen LogP contribution in [0.2, 0.25) is 0 Å². The van der Waals surface area contributed by atoms with E-state index in [0.717, 1.165) is 11.4 Å². The Morgan fingerprint density at radius 1 is 1.42 bits per heavy atom. The number of aromatic amines is 1. The second kappa shape index (κ2) is 3.09. The Morgan fingerprint density at radius 3 is 3.08 bits per heavy atom. The van der Waals surface area contributed by atoms with Gasteiger partial charge in [0, 0.05) is 18.0 Å². The van der Waals surface area contributed by atoms with E-state index < -0.39 is 0 Å². The first-order chi connectivity index (χ1) is 5.95. The van der Waals surface area contributed by atoms with Crippen molar-refractivity contribution in [2.75, 3.05) is 0 Å². The van der Waals surface area contributed by atoms with E-state index in [1.165, 1.54) is 0 Å². The quantitative estimate of drug-likeness (QED) is 0.731. The van der Waals surface area contributed by atoms with Crippen LogP contribution in [-0.4, -0.2) is 9.97 Å². The Kier molecular flexibility index (Phi) is 1.78. The number of rotatable bonds is 2. The third-order valence-electron chi connectivity index (χ3n) is 1.50. The van der Waals surface area contributed by atoms with Gasteiger partial charge in [-0.15, -0.1) is 0 Å². The van der Waals surface area contributed by atoms with E-state index in [9.17, 15) is 0 Å². The molecule has 0 atom stereocenters. The smallest absolute Gasteiger partial charge is 0.129 e. The maximum Gasteiger partial charge on any atom is 0.129 e. The first-order valence-electron chi connectivity index (χ1n) is 3.65. The van der Waals surface area contributed by atoms with Gasteiger partial charge in [-0.2, -0.15) is 0 Å². The third kappa shape index (κ3) is 1.45. The molecule has 0 saturated carbocycles. The zero-order valence-electron chi connectivity index (χ0n) is 6.40. The fraction of sp³-hybridized carbons (Fsp3) is 0. The molecule has 0 aliphatic heterocycles. The second-order valence-corrected chi connectivity index (χ2v) is 2.36. The van der Waals surface area contributed by atoms with Crippen molar-refractivity contribution in [3.05, 3.63) is 42.4 Å². The lowest BCUT2D eigenvalue weighted by Crippen LogP contribution is -1.71. The van der Waals surface area contributed by atoms with Gasteiger partial charge in [-0.05, 0) is 18.2 Å². The molecule has 0 bridgehead atoms. The van der Waals surface area contributed by atoms with Gasteiger partial charge >= 0.3 is 0 Å². The maximum absolute atomic E-state index is 4.90. The highest BCUT2D eigenvalue weighted by Crippen LogP contribution is 2.04. The van der Waals surface area contributed by atoms with Gasteiger partial charge < -0.3 is 9.40 Å². The number of aromatic nitrogens is 2. The molecule has 12 heavy (non-hydrogen) atoms. The topological polar surface area (TPSA) is 41.8 Å². The van der Waals surface area contributed by atoms with E-state index in [4.69, 9.17) is 4.42 Å². The van der Waals surface area contributed by atoms with Crippen LogP contribution in [0.4, 0.5) is 0 Å². The van der Waals surface area contributed by atoms with E-state index in [-0.39, 0.29) is 0 Å². The van der Waals surface area contributed by atoms with Crippen LogP contribution in [0.15, 0.2) is 35.4 Å². The number of hydrogen-bond acceptors (Lipinski definition) is 2. The molecule has 0 aliphatic carbocycles. The molecule has 0 aliphatic rings. The van der Waals surface area contributed by atoms with Gasteiger partial charge in [0.05, 0.1) is 12.5 Å². The van der Waals surface area contributed by atoms with Gasteiger partial charge in [0.1, 0.15) is 5.82 Å². The maximum atomic E-state index is 4.90. The molecule has 0 fully saturated rings. The zero-order valence-corrected chi connectivity index (χ0v) is 6.40. The monoisotopic (exact) mass is 160 g/mol. The van der Waals surface area contributed by atoms with Crippen molar-refractivity contribution in [1.82, 2.24) is 9.97 Å². The van der Waals surface area contributed by atoms with Crippen LogP contribution in [-0.2, 0) is 0 Å². The Bertz CT molecular complexity index is 310. The van der Waals surface area contributed by atoms with Crippen LogP contribution in [0.3, 0.4) is 0 Å². The van der Waals surface area contributed by atoms with Gasteiger partial charge in [-0.3, -0.25) is 0 Å². The summed E-state index contributed by atoms with van der Waals surface area (Å²) in [7, 11) is 0. The van der Waals surface area contributed by atoms with Crippen LogP contribution < -0.4 is 0 Å². The molecule has 0 spiro atoms. The minimum Gasteiger partial charge on any atom is -0.472 e. The molecule has 0 radical (unpaired) electrons. The summed E-state index contributed by atoms with van der Waals surface area (Å²) in [6.07, 6.45) is 10.7. The predicted octanol–water partition coefficient (Wildman–Crippen LogP) is 2.17. The largest absolute Gasteiger partial charge is 0.472 e. The molecular weight excluding hydrogens is 152 g/mol. The fourth-order valence-electron chi connectivity index (χ4n) is 0.914. The molecule has 3 heteroatoms. The molecule has 2 rings (SSSR count). The highest BCUT2D eigenvalue weighted by molar-refractivity contribution is 5.65. The average molecular weight is 160 g/mol. The van der Waals surface area contributed by atoms with Crippen molar-refractivity contribution in [3.63, 3.8) is 0 Å². The molecule has 2 aromatic rings. The normalized spacial score (nSPS) is 11.0. The van der Waals surface area contributed by atoms with E-state index in [0.29, 0.717) is 0 Å². The summed E-state index contributed by atoms with van der Waals surface area (Å²) in [5, 5.41) is 0. The van der Waals surface area contributed by atoms with Crippen LogP contribution in [0.25, 0.3) is 12.2 Å². The lowest BCUT2D eigenvalue weighted by Gasteiger charge is -1.81. The van der Waals surface area contributed by atoms with Crippen molar-refractivity contribution in [2.45, 2.75) is 0 Å². The molecule has 0 saturated heterocycles. The summed E-state index contributed by atoms with van der Waals surface area (Å²) >= 11 is 0. The van der Waals surface area contributed by atoms with E-state index >= 15 is 0 Å². The lowest BCUT2D eigenvalue weighted by molar-refractivity contribution is 0.567. The van der Waals surface area contributed by atoms with Crippen LogP contribution in [0, 0.1) is 0 Å². The molecule has 0 aromatic carbocycles. The summed E-state index contributed by atoms with van der Waals surface area (Å²) in [6, 6.07) is 1.89. The standard InChI is InChI=1S/C9H8N2O/c1(8-3-6-12-7-8)2-9-10-4-5-11-9/h1-7H,(H,10,11). The number of furan rings is 1. The Hall–Kier alpha value is -1.77. The minimum atomic E-state index is 0.844. The minimum absolute atomic E-state index is 0.844. The molecule has 2 aromatic heterocycles. The van der Waals surface area contributed by atoms with Gasteiger partial charge in [0.2, 0.25) is 0 Å². The molecule has 0 amide bonds. The van der Waals surface area contributed by atoms with Gasteiger partial charge in [-0.1, -0.05) is 0 Å². The average Bonchev–Trinajstić information content (AvgIpc) is 2.74. The lowest BCUT2D eigenvalue weighted by atomic mass is 10.3. The highest BCUT2D eigenvalue weighted by atomic mass is 16.3. The Labute approximate surface area is 69.8 Å². The number of nitrogens with one attached hydrogen (secondary N) is 1. The molecule has 1 N–H and O–H groups in total. The Morgan fingerprint density at radius 2 is 2.42 bits per heavy atom. The fourth-order valence-corrected chi connectivity index (χ4v) is 0.914. The van der Waals surface area contributed by atoms with Crippen molar-refractivity contribution in [1.29, 1.82) is 0 Å². The number of H-pyrrole nitrogens is 1. The van der Waals surface area contributed by atoms with Crippen LogP contribution >= 0.6 is 0 Å². The van der Waals surface area contributed by atoms with E-state index in [1.54, 1.807) is 24.9 Å². The number of nitrogens with zero attached hydrogens (tertiary/aromatic N) is 1. The van der Waals surface area contributed by atoms with Crippen LogP contribution in [0.5, 0.6) is 0 Å². The summed E-state index contributed by atoms with van der Waals surface area (Å²) in [5.74, 6) is 0.844. The van der Waals surface area contributed by atoms with Crippen molar-refractivity contribution in [3.8, 4) is 0 Å². The summed E-state index contributed by atoms with van der Waals surface area (Å²) < 4.78 is 4.90. The summed E-state index contributed by atoms with van der Waals surface area (Å²) in [6.45, 7) is 0. The molecular formula is C9H8N2O. The molecule has 3 nitrogen and oxygen atoms in total. The third-order valence-corrected chi connectivity index (χ3v) is 1.50. The Balaban J connectivity index is 2.14. The van der Waals surface area contributed by atoms with Crippen molar-refractivity contribution < 1.29 is 4.42 Å². The first kappa shape index (κ1) is 6.91. The van der Waals surface area contributed by atoms with Gasteiger partial charge in [0.25, 0.3) is 0 Å². The van der Waals surface area contributed by atoms with Crippen molar-refractivity contribution in [2.24, 2.45) is 0 Å². The SMILES string of the molecule is C(=Cc1ncc[nH]1)c1ccoc1. The second-order valence-electron chi connectivity index (χ2n) is 2.36. The van der Waals surface area contributed by atoms with Crippen molar-refractivity contribution >= 4 is 12.2 Å². The molecule has 2 heterocycles.